The maximum Gasteiger partial charge on any atom is 0.335 e. The fourth-order valence-electron chi connectivity index (χ4n) is 2.30. The minimum absolute atomic E-state index is 0.383. The lowest BCUT2D eigenvalue weighted by Gasteiger charge is -2.09. The summed E-state index contributed by atoms with van der Waals surface area (Å²) in [5.41, 5.74) is 3.43. The van der Waals surface area contributed by atoms with E-state index in [4.69, 9.17) is 4.74 Å². The first-order chi connectivity index (χ1) is 10.7. The third kappa shape index (κ3) is 4.60. The van der Waals surface area contributed by atoms with Gasteiger partial charge in [0.1, 0.15) is 6.73 Å². The van der Waals surface area contributed by atoms with E-state index in [2.05, 4.69) is 17.4 Å². The molecular weight excluding hydrogens is 278 g/mol. The average Bonchev–Trinajstić information content (AvgIpc) is 2.54. The summed E-state index contributed by atoms with van der Waals surface area (Å²) in [6.45, 7) is 3.12. The zero-order valence-electron chi connectivity index (χ0n) is 12.7. The van der Waals surface area contributed by atoms with Crippen LogP contribution in [-0.2, 0) is 17.6 Å². The number of carboxylic acid groups (broad SMARTS) is 1. The van der Waals surface area contributed by atoms with Crippen LogP contribution in [0.4, 0.5) is 5.69 Å². The van der Waals surface area contributed by atoms with Crippen molar-refractivity contribution in [2.75, 3.05) is 18.7 Å². The fourth-order valence-corrected chi connectivity index (χ4v) is 2.30. The molecule has 0 aliphatic rings. The van der Waals surface area contributed by atoms with Gasteiger partial charge in [-0.05, 0) is 49.1 Å². The van der Waals surface area contributed by atoms with Crippen LogP contribution in [0, 0.1) is 0 Å². The smallest absolute Gasteiger partial charge is 0.335 e. The Hall–Kier alpha value is -2.33. The largest absolute Gasteiger partial charge is 0.478 e. The van der Waals surface area contributed by atoms with Crippen LogP contribution < -0.4 is 5.32 Å². The summed E-state index contributed by atoms with van der Waals surface area (Å²) in [7, 11) is 0. The molecule has 0 spiro atoms. The average molecular weight is 299 g/mol. The van der Waals surface area contributed by atoms with E-state index in [-0.39, 0.29) is 0 Å². The van der Waals surface area contributed by atoms with E-state index in [1.54, 1.807) is 12.1 Å². The Bertz CT molecular complexity index is 625. The summed E-state index contributed by atoms with van der Waals surface area (Å²) in [5.74, 6) is -0.872. The summed E-state index contributed by atoms with van der Waals surface area (Å²) < 4.78 is 5.27. The Labute approximate surface area is 130 Å². The van der Waals surface area contributed by atoms with E-state index < -0.39 is 5.97 Å². The summed E-state index contributed by atoms with van der Waals surface area (Å²) in [6.07, 6.45) is 1.51. The number of aryl methyl sites for hydroxylation is 2. The van der Waals surface area contributed by atoms with Gasteiger partial charge in [0.15, 0.2) is 0 Å². The van der Waals surface area contributed by atoms with Crippen molar-refractivity contribution in [1.82, 2.24) is 0 Å². The second-order valence-electron chi connectivity index (χ2n) is 4.98. The second kappa shape index (κ2) is 8.20. The highest BCUT2D eigenvalue weighted by Crippen LogP contribution is 2.15. The lowest BCUT2D eigenvalue weighted by Crippen LogP contribution is -2.06. The minimum atomic E-state index is -0.872. The first-order valence-electron chi connectivity index (χ1n) is 7.42. The van der Waals surface area contributed by atoms with Crippen LogP contribution in [0.1, 0.15) is 28.4 Å². The van der Waals surface area contributed by atoms with E-state index in [9.17, 15) is 9.90 Å². The molecule has 0 saturated carbocycles. The second-order valence-corrected chi connectivity index (χ2v) is 4.98. The zero-order chi connectivity index (χ0) is 15.8. The maximum absolute atomic E-state index is 11.2. The molecule has 0 heterocycles. The number of aromatic carboxylic acids is 1. The van der Waals surface area contributed by atoms with Gasteiger partial charge in [0.25, 0.3) is 0 Å². The molecule has 0 aliphatic heterocycles. The van der Waals surface area contributed by atoms with Crippen molar-refractivity contribution in [3.63, 3.8) is 0 Å². The van der Waals surface area contributed by atoms with E-state index in [0.29, 0.717) is 25.3 Å². The van der Waals surface area contributed by atoms with E-state index in [1.165, 1.54) is 5.56 Å². The standard InChI is InChI=1S/C18H21NO3/c1-2-22-13-19-16-8-5-6-14(12-16)10-11-15-7-3-4-9-17(15)18(20)21/h3-9,12,19H,2,10-11,13H2,1H3,(H,20,21). The summed E-state index contributed by atoms with van der Waals surface area (Å²) >= 11 is 0. The quantitative estimate of drug-likeness (QED) is 0.578. The number of anilines is 1. The van der Waals surface area contributed by atoms with Gasteiger partial charge < -0.3 is 15.2 Å². The minimum Gasteiger partial charge on any atom is -0.478 e. The van der Waals surface area contributed by atoms with Crippen LogP contribution in [0.25, 0.3) is 0 Å². The monoisotopic (exact) mass is 299 g/mol. The van der Waals surface area contributed by atoms with Crippen LogP contribution in [0.5, 0.6) is 0 Å². The molecule has 2 rings (SSSR count). The fraction of sp³-hybridized carbons (Fsp3) is 0.278. The molecule has 0 atom stereocenters. The van der Waals surface area contributed by atoms with Gasteiger partial charge in [-0.15, -0.1) is 0 Å². The van der Waals surface area contributed by atoms with Crippen LogP contribution in [0.3, 0.4) is 0 Å². The molecule has 22 heavy (non-hydrogen) atoms. The molecule has 0 unspecified atom stereocenters. The summed E-state index contributed by atoms with van der Waals surface area (Å²) in [5, 5.41) is 12.4. The molecule has 116 valence electrons. The molecule has 0 bridgehead atoms. The van der Waals surface area contributed by atoms with Crippen LogP contribution >= 0.6 is 0 Å². The first-order valence-corrected chi connectivity index (χ1v) is 7.42. The molecule has 0 aromatic heterocycles. The molecule has 2 aromatic carbocycles. The van der Waals surface area contributed by atoms with E-state index >= 15 is 0 Å². The molecule has 4 heteroatoms. The third-order valence-electron chi connectivity index (χ3n) is 3.44. The predicted molar refractivity (Wildman–Crippen MR) is 87.4 cm³/mol. The van der Waals surface area contributed by atoms with Crippen molar-refractivity contribution >= 4 is 11.7 Å². The summed E-state index contributed by atoms with van der Waals surface area (Å²) in [6, 6.07) is 15.3. The lowest BCUT2D eigenvalue weighted by atomic mass is 9.99. The van der Waals surface area contributed by atoms with Crippen molar-refractivity contribution in [3.05, 3.63) is 65.2 Å². The van der Waals surface area contributed by atoms with Crippen molar-refractivity contribution in [2.45, 2.75) is 19.8 Å². The van der Waals surface area contributed by atoms with Crippen molar-refractivity contribution < 1.29 is 14.6 Å². The molecule has 0 radical (unpaired) electrons. The van der Waals surface area contributed by atoms with Crippen LogP contribution in [-0.4, -0.2) is 24.4 Å². The SMILES string of the molecule is CCOCNc1cccc(CCc2ccccc2C(=O)O)c1. The maximum atomic E-state index is 11.2. The molecule has 2 aromatic rings. The number of nitrogens with one attached hydrogen (secondary N) is 1. The van der Waals surface area contributed by atoms with Gasteiger partial charge >= 0.3 is 5.97 Å². The first kappa shape index (κ1) is 16.0. The Balaban J connectivity index is 2.00. The molecule has 2 N–H and O–H groups in total. The van der Waals surface area contributed by atoms with Crippen LogP contribution in [0.2, 0.25) is 0 Å². The van der Waals surface area contributed by atoms with Gasteiger partial charge in [0.2, 0.25) is 0 Å². The zero-order valence-corrected chi connectivity index (χ0v) is 12.7. The van der Waals surface area contributed by atoms with Gasteiger partial charge in [-0.1, -0.05) is 30.3 Å². The highest BCUT2D eigenvalue weighted by Gasteiger charge is 2.08. The van der Waals surface area contributed by atoms with Gasteiger partial charge in [-0.2, -0.15) is 0 Å². The molecule has 0 amide bonds. The highest BCUT2D eigenvalue weighted by atomic mass is 16.5. The van der Waals surface area contributed by atoms with E-state index in [0.717, 1.165) is 17.7 Å². The number of hydrogen-bond donors (Lipinski definition) is 2. The van der Waals surface area contributed by atoms with Gasteiger partial charge in [0.05, 0.1) is 5.56 Å². The Morgan fingerprint density at radius 1 is 1.14 bits per heavy atom. The molecule has 0 aliphatic carbocycles. The lowest BCUT2D eigenvalue weighted by molar-refractivity contribution is 0.0695. The number of hydrogen-bond acceptors (Lipinski definition) is 3. The van der Waals surface area contributed by atoms with Crippen molar-refractivity contribution in [3.8, 4) is 0 Å². The van der Waals surface area contributed by atoms with Gasteiger partial charge in [-0.3, -0.25) is 0 Å². The van der Waals surface area contributed by atoms with Crippen molar-refractivity contribution in [1.29, 1.82) is 0 Å². The third-order valence-corrected chi connectivity index (χ3v) is 3.44. The number of carbonyl (C=O) groups is 1. The number of ether oxygens (including phenoxy) is 1. The molecular formula is C18H21NO3. The van der Waals surface area contributed by atoms with Crippen LogP contribution in [0.15, 0.2) is 48.5 Å². The number of carboxylic acids is 1. The van der Waals surface area contributed by atoms with E-state index in [1.807, 2.05) is 31.2 Å². The molecule has 0 fully saturated rings. The number of benzene rings is 2. The Morgan fingerprint density at radius 2 is 1.95 bits per heavy atom. The Kier molecular flexibility index (Phi) is 5.98. The van der Waals surface area contributed by atoms with Gasteiger partial charge in [0, 0.05) is 12.3 Å². The van der Waals surface area contributed by atoms with Gasteiger partial charge in [-0.25, -0.2) is 4.79 Å². The number of rotatable bonds is 8. The Morgan fingerprint density at radius 3 is 2.73 bits per heavy atom. The molecule has 4 nitrogen and oxygen atoms in total. The predicted octanol–water partition coefficient (Wildman–Crippen LogP) is 3.58. The summed E-state index contributed by atoms with van der Waals surface area (Å²) in [4.78, 5) is 11.2. The molecule has 0 saturated heterocycles. The highest BCUT2D eigenvalue weighted by molar-refractivity contribution is 5.89. The van der Waals surface area contributed by atoms with Crippen molar-refractivity contribution in [2.24, 2.45) is 0 Å². The topological polar surface area (TPSA) is 58.6 Å². The normalized spacial score (nSPS) is 10.4.